The van der Waals surface area contributed by atoms with Crippen molar-refractivity contribution >= 4 is 21.8 Å². The Bertz CT molecular complexity index is 584. The quantitative estimate of drug-likeness (QED) is 0.652. The van der Waals surface area contributed by atoms with Crippen LogP contribution < -0.4 is 10.0 Å². The van der Waals surface area contributed by atoms with Crippen LogP contribution >= 0.6 is 0 Å². The van der Waals surface area contributed by atoms with Gasteiger partial charge >= 0.3 is 5.97 Å². The predicted molar refractivity (Wildman–Crippen MR) is 72.0 cm³/mol. The summed E-state index contributed by atoms with van der Waals surface area (Å²) in [6.45, 7) is 3.87. The normalized spacial score (nSPS) is 11.3. The lowest BCUT2D eigenvalue weighted by atomic mass is 10.1. The fourth-order valence-electron chi connectivity index (χ4n) is 1.65. The van der Waals surface area contributed by atoms with Crippen molar-refractivity contribution in [3.8, 4) is 0 Å². The molecule has 0 saturated heterocycles. The van der Waals surface area contributed by atoms with Gasteiger partial charge in [0, 0.05) is 18.8 Å². The van der Waals surface area contributed by atoms with Crippen LogP contribution in [0.3, 0.4) is 0 Å². The molecule has 0 spiro atoms. The molecular formula is C11H17N3O4S. The largest absolute Gasteiger partial charge is 0.478 e. The average Bonchev–Trinajstić information content (AvgIpc) is 2.21. The average molecular weight is 287 g/mol. The SMILES string of the molecule is Cc1cc(C)c(C(=O)O)c(NCCNS(C)(=O)=O)n1. The molecule has 1 heterocycles. The maximum atomic E-state index is 11.2. The molecule has 1 rings (SSSR count). The number of aromatic carboxylic acids is 1. The van der Waals surface area contributed by atoms with Crippen molar-refractivity contribution < 1.29 is 18.3 Å². The first-order valence-electron chi connectivity index (χ1n) is 5.61. The Morgan fingerprint density at radius 1 is 1.37 bits per heavy atom. The Labute approximate surface area is 112 Å². The highest BCUT2D eigenvalue weighted by Gasteiger charge is 2.15. The third-order valence-electron chi connectivity index (χ3n) is 2.34. The minimum absolute atomic E-state index is 0.102. The van der Waals surface area contributed by atoms with Crippen LogP contribution in [-0.4, -0.2) is 43.8 Å². The lowest BCUT2D eigenvalue weighted by Gasteiger charge is -2.12. The van der Waals surface area contributed by atoms with E-state index in [1.54, 1.807) is 19.9 Å². The van der Waals surface area contributed by atoms with Gasteiger partial charge in [-0.2, -0.15) is 0 Å². The number of nitrogens with zero attached hydrogens (tertiary/aromatic N) is 1. The number of sulfonamides is 1. The molecule has 1 aromatic rings. The molecule has 0 saturated carbocycles. The summed E-state index contributed by atoms with van der Waals surface area (Å²) in [7, 11) is -3.25. The number of nitrogens with one attached hydrogen (secondary N) is 2. The molecule has 7 nitrogen and oxygen atoms in total. The number of anilines is 1. The van der Waals surface area contributed by atoms with Gasteiger partial charge in [0.15, 0.2) is 0 Å². The number of carboxylic acid groups (broad SMARTS) is 1. The molecule has 19 heavy (non-hydrogen) atoms. The smallest absolute Gasteiger partial charge is 0.339 e. The van der Waals surface area contributed by atoms with E-state index in [-0.39, 0.29) is 24.5 Å². The van der Waals surface area contributed by atoms with Gasteiger partial charge in [-0.15, -0.1) is 0 Å². The summed E-state index contributed by atoms with van der Waals surface area (Å²) in [6.07, 6.45) is 1.06. The number of hydrogen-bond donors (Lipinski definition) is 3. The number of carbonyl (C=O) groups is 1. The zero-order valence-electron chi connectivity index (χ0n) is 11.0. The van der Waals surface area contributed by atoms with E-state index in [1.807, 2.05) is 0 Å². The number of hydrogen-bond acceptors (Lipinski definition) is 5. The number of aromatic nitrogens is 1. The molecule has 0 aliphatic rings. The van der Waals surface area contributed by atoms with Gasteiger partial charge in [-0.1, -0.05) is 0 Å². The first-order chi connectivity index (χ1) is 8.70. The minimum Gasteiger partial charge on any atom is -0.478 e. The molecule has 8 heteroatoms. The van der Waals surface area contributed by atoms with Crippen LogP contribution in [0.15, 0.2) is 6.07 Å². The van der Waals surface area contributed by atoms with Gasteiger partial charge in [0.2, 0.25) is 10.0 Å². The fraction of sp³-hybridized carbons (Fsp3) is 0.455. The van der Waals surface area contributed by atoms with Crippen molar-refractivity contribution in [2.75, 3.05) is 24.7 Å². The first-order valence-corrected chi connectivity index (χ1v) is 7.50. The van der Waals surface area contributed by atoms with E-state index in [9.17, 15) is 13.2 Å². The first kappa shape index (κ1) is 15.4. The molecule has 0 fully saturated rings. The van der Waals surface area contributed by atoms with E-state index in [1.165, 1.54) is 0 Å². The van der Waals surface area contributed by atoms with Crippen LogP contribution in [-0.2, 0) is 10.0 Å². The van der Waals surface area contributed by atoms with Crippen LogP contribution in [0.25, 0.3) is 0 Å². The van der Waals surface area contributed by atoms with E-state index < -0.39 is 16.0 Å². The summed E-state index contributed by atoms with van der Waals surface area (Å²) in [5.74, 6) is -0.816. The Hall–Kier alpha value is -1.67. The Morgan fingerprint density at radius 3 is 2.53 bits per heavy atom. The Balaban J connectivity index is 2.80. The fourth-order valence-corrected chi connectivity index (χ4v) is 2.12. The monoisotopic (exact) mass is 287 g/mol. The van der Waals surface area contributed by atoms with Gasteiger partial charge in [-0.25, -0.2) is 22.9 Å². The van der Waals surface area contributed by atoms with Crippen LogP contribution in [0.1, 0.15) is 21.6 Å². The van der Waals surface area contributed by atoms with Crippen LogP contribution in [0.5, 0.6) is 0 Å². The highest BCUT2D eigenvalue weighted by Crippen LogP contribution is 2.18. The molecule has 0 atom stereocenters. The lowest BCUT2D eigenvalue weighted by Crippen LogP contribution is -2.28. The summed E-state index contributed by atoms with van der Waals surface area (Å²) in [4.78, 5) is 15.3. The van der Waals surface area contributed by atoms with Crippen molar-refractivity contribution in [1.29, 1.82) is 0 Å². The van der Waals surface area contributed by atoms with Gasteiger partial charge in [0.1, 0.15) is 11.4 Å². The van der Waals surface area contributed by atoms with Crippen molar-refractivity contribution in [3.05, 3.63) is 22.9 Å². The molecule has 0 aromatic carbocycles. The van der Waals surface area contributed by atoms with Crippen LogP contribution in [0.2, 0.25) is 0 Å². The molecule has 0 aliphatic heterocycles. The summed E-state index contributed by atoms with van der Waals surface area (Å²) in [6, 6.07) is 1.68. The predicted octanol–water partition coefficient (Wildman–Crippen LogP) is 0.358. The minimum atomic E-state index is -3.25. The molecule has 3 N–H and O–H groups in total. The number of carboxylic acids is 1. The van der Waals surface area contributed by atoms with Gasteiger partial charge < -0.3 is 10.4 Å². The zero-order chi connectivity index (χ0) is 14.6. The van der Waals surface area contributed by atoms with E-state index in [0.29, 0.717) is 11.3 Å². The van der Waals surface area contributed by atoms with E-state index >= 15 is 0 Å². The summed E-state index contributed by atoms with van der Waals surface area (Å²) in [5, 5.41) is 12.0. The lowest BCUT2D eigenvalue weighted by molar-refractivity contribution is 0.0696. The number of pyridine rings is 1. The van der Waals surface area contributed by atoms with Gasteiger partial charge in [0.25, 0.3) is 0 Å². The zero-order valence-corrected chi connectivity index (χ0v) is 11.8. The molecule has 0 aliphatic carbocycles. The highest BCUT2D eigenvalue weighted by molar-refractivity contribution is 7.88. The molecular weight excluding hydrogens is 270 g/mol. The molecule has 106 valence electrons. The maximum Gasteiger partial charge on any atom is 0.339 e. The molecule has 0 unspecified atom stereocenters. The second-order valence-corrected chi connectivity index (χ2v) is 6.04. The number of aryl methyl sites for hydroxylation is 2. The van der Waals surface area contributed by atoms with Crippen molar-refractivity contribution in [2.45, 2.75) is 13.8 Å². The van der Waals surface area contributed by atoms with Crippen molar-refractivity contribution in [3.63, 3.8) is 0 Å². The molecule has 0 amide bonds. The standard InChI is InChI=1S/C11H17N3O4S/c1-7-6-8(2)14-10(9(7)11(15)16)12-4-5-13-19(3,17)18/h6,13H,4-5H2,1-3H3,(H,12,14)(H,15,16). The molecule has 0 bridgehead atoms. The van der Waals surface area contributed by atoms with E-state index in [0.717, 1.165) is 6.26 Å². The summed E-state index contributed by atoms with van der Waals surface area (Å²) >= 11 is 0. The Kier molecular flexibility index (Phi) is 4.84. The maximum absolute atomic E-state index is 11.2. The molecule has 1 aromatic heterocycles. The van der Waals surface area contributed by atoms with Crippen molar-refractivity contribution in [1.82, 2.24) is 9.71 Å². The second-order valence-electron chi connectivity index (χ2n) is 4.20. The van der Waals surface area contributed by atoms with Crippen LogP contribution in [0, 0.1) is 13.8 Å². The van der Waals surface area contributed by atoms with Gasteiger partial charge in [0.05, 0.1) is 6.26 Å². The third kappa shape index (κ3) is 4.84. The van der Waals surface area contributed by atoms with E-state index in [4.69, 9.17) is 5.11 Å². The summed E-state index contributed by atoms with van der Waals surface area (Å²) < 4.78 is 24.1. The van der Waals surface area contributed by atoms with Gasteiger partial charge in [-0.05, 0) is 25.5 Å². The Morgan fingerprint density at radius 2 is 2.00 bits per heavy atom. The van der Waals surface area contributed by atoms with Gasteiger partial charge in [-0.3, -0.25) is 0 Å². The molecule has 0 radical (unpaired) electrons. The third-order valence-corrected chi connectivity index (χ3v) is 3.07. The number of rotatable bonds is 6. The second kappa shape index (κ2) is 5.98. The van der Waals surface area contributed by atoms with Crippen molar-refractivity contribution in [2.24, 2.45) is 0 Å². The van der Waals surface area contributed by atoms with Crippen LogP contribution in [0.4, 0.5) is 5.82 Å². The highest BCUT2D eigenvalue weighted by atomic mass is 32.2. The van der Waals surface area contributed by atoms with E-state index in [2.05, 4.69) is 15.0 Å². The topological polar surface area (TPSA) is 108 Å². The summed E-state index contributed by atoms with van der Waals surface area (Å²) in [5.41, 5.74) is 1.41.